The Morgan fingerprint density at radius 3 is 3.11 bits per heavy atom. The Balaban J connectivity index is 1.98. The second-order valence-electron chi connectivity index (χ2n) is 4.47. The van der Waals surface area contributed by atoms with Gasteiger partial charge in [-0.1, -0.05) is 12.1 Å². The van der Waals surface area contributed by atoms with Gasteiger partial charge in [-0.3, -0.25) is 4.79 Å². The summed E-state index contributed by atoms with van der Waals surface area (Å²) in [7, 11) is 0. The number of benzene rings is 1. The summed E-state index contributed by atoms with van der Waals surface area (Å²) in [6.07, 6.45) is 2.92. The van der Waals surface area contributed by atoms with Crippen molar-refractivity contribution in [2.45, 2.75) is 31.8 Å². The van der Waals surface area contributed by atoms with Gasteiger partial charge in [0.2, 0.25) is 5.91 Å². The highest BCUT2D eigenvalue weighted by atomic mass is 79.9. The lowest BCUT2D eigenvalue weighted by molar-refractivity contribution is -0.122. The molecule has 2 rings (SSSR count). The fraction of sp³-hybridized carbons (Fsp3) is 0.462. The van der Waals surface area contributed by atoms with E-state index in [2.05, 4.69) is 26.6 Å². The topological polar surface area (TPSA) is 61.4 Å². The van der Waals surface area contributed by atoms with Crippen molar-refractivity contribution in [3.8, 4) is 5.75 Å². The minimum absolute atomic E-state index is 0.0574. The molecular weight excluding hydrogens is 296 g/mol. The van der Waals surface area contributed by atoms with Gasteiger partial charge in [0.15, 0.2) is 0 Å². The van der Waals surface area contributed by atoms with Crippen LogP contribution in [0.1, 0.15) is 24.8 Å². The molecule has 1 amide bonds. The van der Waals surface area contributed by atoms with Gasteiger partial charge in [-0.25, -0.2) is 0 Å². The molecule has 1 atom stereocenters. The third kappa shape index (κ3) is 3.23. The lowest BCUT2D eigenvalue weighted by Crippen LogP contribution is -2.42. The molecule has 5 heteroatoms. The van der Waals surface area contributed by atoms with Gasteiger partial charge in [-0.2, -0.15) is 0 Å². The summed E-state index contributed by atoms with van der Waals surface area (Å²) in [6, 6.07) is 5.35. The van der Waals surface area contributed by atoms with E-state index in [-0.39, 0.29) is 17.7 Å². The van der Waals surface area contributed by atoms with Gasteiger partial charge in [-0.15, -0.1) is 0 Å². The fourth-order valence-electron chi connectivity index (χ4n) is 2.07. The summed E-state index contributed by atoms with van der Waals surface area (Å²) in [5.74, 6) is 0.293. The molecule has 18 heavy (non-hydrogen) atoms. The molecule has 0 saturated carbocycles. The Labute approximate surface area is 115 Å². The first kappa shape index (κ1) is 13.4. The van der Waals surface area contributed by atoms with Crippen molar-refractivity contribution in [3.05, 3.63) is 28.2 Å². The fourth-order valence-corrected chi connectivity index (χ4v) is 2.48. The number of carbonyl (C=O) groups is 1. The quantitative estimate of drug-likeness (QED) is 0.799. The number of carbonyl (C=O) groups excluding carboxylic acids is 1. The van der Waals surface area contributed by atoms with E-state index >= 15 is 0 Å². The lowest BCUT2D eigenvalue weighted by atomic mass is 10.1. The minimum Gasteiger partial charge on any atom is -0.506 e. The molecule has 0 bridgehead atoms. The maximum atomic E-state index is 11.7. The molecule has 1 aliphatic rings. The number of nitrogens with one attached hydrogen (secondary N) is 2. The SMILES string of the molecule is O=C1NCCCCC1NCc1cccc(Br)c1O. The number of hydrogen-bond donors (Lipinski definition) is 3. The van der Waals surface area contributed by atoms with Gasteiger partial charge in [0, 0.05) is 18.7 Å². The van der Waals surface area contributed by atoms with E-state index in [0.717, 1.165) is 31.4 Å². The summed E-state index contributed by atoms with van der Waals surface area (Å²) < 4.78 is 0.673. The molecule has 0 radical (unpaired) electrons. The van der Waals surface area contributed by atoms with Crippen LogP contribution < -0.4 is 10.6 Å². The summed E-state index contributed by atoms with van der Waals surface area (Å²) >= 11 is 3.28. The Morgan fingerprint density at radius 1 is 1.44 bits per heavy atom. The minimum atomic E-state index is -0.161. The Hall–Kier alpha value is -1.07. The third-order valence-corrected chi connectivity index (χ3v) is 3.78. The average molecular weight is 313 g/mol. The van der Waals surface area contributed by atoms with Crippen molar-refractivity contribution < 1.29 is 9.90 Å². The van der Waals surface area contributed by atoms with Crippen LogP contribution in [0.3, 0.4) is 0 Å². The van der Waals surface area contributed by atoms with E-state index < -0.39 is 0 Å². The Kier molecular flexibility index (Phi) is 4.60. The van der Waals surface area contributed by atoms with E-state index in [1.165, 1.54) is 0 Å². The highest BCUT2D eigenvalue weighted by Gasteiger charge is 2.20. The van der Waals surface area contributed by atoms with Crippen LogP contribution in [0.4, 0.5) is 0 Å². The maximum Gasteiger partial charge on any atom is 0.237 e. The summed E-state index contributed by atoms with van der Waals surface area (Å²) in [5, 5.41) is 15.9. The van der Waals surface area contributed by atoms with Gasteiger partial charge in [0.25, 0.3) is 0 Å². The van der Waals surface area contributed by atoms with Crippen molar-refractivity contribution in [1.82, 2.24) is 10.6 Å². The first-order chi connectivity index (χ1) is 8.68. The number of amides is 1. The van der Waals surface area contributed by atoms with E-state index in [0.29, 0.717) is 11.0 Å². The highest BCUT2D eigenvalue weighted by molar-refractivity contribution is 9.10. The van der Waals surface area contributed by atoms with E-state index in [4.69, 9.17) is 0 Å². The molecule has 1 aliphatic heterocycles. The van der Waals surface area contributed by atoms with Gasteiger partial charge in [-0.05, 0) is 41.3 Å². The standard InChI is InChI=1S/C13H17BrN2O2/c14-10-5-3-4-9(12(10)17)8-16-11-6-1-2-7-15-13(11)18/h3-5,11,16-17H,1-2,6-8H2,(H,15,18). The van der Waals surface area contributed by atoms with Crippen LogP contribution in [0, 0.1) is 0 Å². The van der Waals surface area contributed by atoms with E-state index in [1.54, 1.807) is 6.07 Å². The molecule has 0 spiro atoms. The van der Waals surface area contributed by atoms with Crippen LogP contribution in [-0.2, 0) is 11.3 Å². The first-order valence-corrected chi connectivity index (χ1v) is 6.95. The molecule has 1 fully saturated rings. The molecule has 1 aromatic rings. The molecule has 1 saturated heterocycles. The van der Waals surface area contributed by atoms with Crippen molar-refractivity contribution in [1.29, 1.82) is 0 Å². The van der Waals surface area contributed by atoms with Crippen LogP contribution in [-0.4, -0.2) is 23.6 Å². The second-order valence-corrected chi connectivity index (χ2v) is 5.32. The number of rotatable bonds is 3. The van der Waals surface area contributed by atoms with Gasteiger partial charge < -0.3 is 15.7 Å². The third-order valence-electron chi connectivity index (χ3n) is 3.14. The predicted molar refractivity (Wildman–Crippen MR) is 73.3 cm³/mol. The Bertz CT molecular complexity index is 437. The van der Waals surface area contributed by atoms with E-state index in [1.807, 2.05) is 12.1 Å². The number of aromatic hydroxyl groups is 1. The molecular formula is C13H17BrN2O2. The smallest absolute Gasteiger partial charge is 0.237 e. The predicted octanol–water partition coefficient (Wildman–Crippen LogP) is 1.91. The molecule has 1 heterocycles. The van der Waals surface area contributed by atoms with Crippen LogP contribution in [0.25, 0.3) is 0 Å². The molecule has 1 unspecified atom stereocenters. The molecule has 1 aromatic carbocycles. The van der Waals surface area contributed by atoms with Crippen molar-refractivity contribution >= 4 is 21.8 Å². The van der Waals surface area contributed by atoms with Crippen molar-refractivity contribution in [2.75, 3.05) is 6.54 Å². The second kappa shape index (κ2) is 6.20. The maximum absolute atomic E-state index is 11.7. The summed E-state index contributed by atoms with van der Waals surface area (Å²) in [5.41, 5.74) is 0.793. The molecule has 0 aromatic heterocycles. The largest absolute Gasteiger partial charge is 0.506 e. The molecule has 3 N–H and O–H groups in total. The zero-order chi connectivity index (χ0) is 13.0. The van der Waals surface area contributed by atoms with Gasteiger partial charge in [0.1, 0.15) is 5.75 Å². The zero-order valence-corrected chi connectivity index (χ0v) is 11.7. The van der Waals surface area contributed by atoms with Crippen LogP contribution in [0.5, 0.6) is 5.75 Å². The normalized spacial score (nSPS) is 20.3. The summed E-state index contributed by atoms with van der Waals surface area (Å²) in [6.45, 7) is 1.25. The Morgan fingerprint density at radius 2 is 2.28 bits per heavy atom. The van der Waals surface area contributed by atoms with Crippen LogP contribution in [0.15, 0.2) is 22.7 Å². The first-order valence-electron chi connectivity index (χ1n) is 6.16. The highest BCUT2D eigenvalue weighted by Crippen LogP contribution is 2.27. The van der Waals surface area contributed by atoms with Crippen LogP contribution in [0.2, 0.25) is 0 Å². The number of phenols is 1. The molecule has 98 valence electrons. The number of phenolic OH excluding ortho intramolecular Hbond substituents is 1. The van der Waals surface area contributed by atoms with E-state index in [9.17, 15) is 9.90 Å². The van der Waals surface area contributed by atoms with Gasteiger partial charge in [0.05, 0.1) is 10.5 Å². The zero-order valence-electron chi connectivity index (χ0n) is 10.1. The van der Waals surface area contributed by atoms with Crippen LogP contribution >= 0.6 is 15.9 Å². The number of halogens is 1. The average Bonchev–Trinajstić information content (AvgIpc) is 2.56. The number of hydrogen-bond acceptors (Lipinski definition) is 3. The summed E-state index contributed by atoms with van der Waals surface area (Å²) in [4.78, 5) is 11.7. The number of para-hydroxylation sites is 1. The van der Waals surface area contributed by atoms with Crippen molar-refractivity contribution in [3.63, 3.8) is 0 Å². The van der Waals surface area contributed by atoms with Crippen molar-refractivity contribution in [2.24, 2.45) is 0 Å². The molecule has 4 nitrogen and oxygen atoms in total. The monoisotopic (exact) mass is 312 g/mol. The lowest BCUT2D eigenvalue weighted by Gasteiger charge is -2.15. The van der Waals surface area contributed by atoms with Gasteiger partial charge >= 0.3 is 0 Å². The molecule has 0 aliphatic carbocycles.